The lowest BCUT2D eigenvalue weighted by Gasteiger charge is -2.03. The van der Waals surface area contributed by atoms with Crippen molar-refractivity contribution in [1.29, 1.82) is 5.26 Å². The van der Waals surface area contributed by atoms with E-state index in [2.05, 4.69) is 16.0 Å². The van der Waals surface area contributed by atoms with Crippen LogP contribution in [0.2, 0.25) is 5.15 Å². The zero-order chi connectivity index (χ0) is 11.4. The first-order valence-corrected chi connectivity index (χ1v) is 5.11. The van der Waals surface area contributed by atoms with E-state index in [-0.39, 0.29) is 0 Å². The minimum Gasteiger partial charge on any atom is -0.265 e. The quantitative estimate of drug-likeness (QED) is 0.744. The summed E-state index contributed by atoms with van der Waals surface area (Å²) in [7, 11) is 0. The zero-order valence-corrected chi connectivity index (χ0v) is 9.15. The van der Waals surface area contributed by atoms with Gasteiger partial charge in [-0.05, 0) is 29.8 Å². The van der Waals surface area contributed by atoms with E-state index in [1.54, 1.807) is 18.5 Å². The molecule has 0 saturated carbocycles. The van der Waals surface area contributed by atoms with Crippen molar-refractivity contribution < 1.29 is 0 Å². The molecule has 0 saturated heterocycles. The number of rotatable bonds is 2. The monoisotopic (exact) mass is 229 g/mol. The summed E-state index contributed by atoms with van der Waals surface area (Å²) in [5.74, 6) is 0. The molecule has 4 heteroatoms. The van der Waals surface area contributed by atoms with Crippen molar-refractivity contribution in [2.75, 3.05) is 0 Å². The Morgan fingerprint density at radius 2 is 2.00 bits per heavy atom. The smallest absolute Gasteiger partial charge is 0.130 e. The van der Waals surface area contributed by atoms with Crippen molar-refractivity contribution in [2.24, 2.45) is 0 Å². The van der Waals surface area contributed by atoms with E-state index in [0.717, 1.165) is 16.8 Å². The number of nitrogens with zero attached hydrogens (tertiary/aromatic N) is 3. The van der Waals surface area contributed by atoms with E-state index in [0.29, 0.717) is 11.6 Å². The summed E-state index contributed by atoms with van der Waals surface area (Å²) in [6, 6.07) is 9.37. The van der Waals surface area contributed by atoms with Gasteiger partial charge < -0.3 is 0 Å². The molecule has 0 aromatic carbocycles. The van der Waals surface area contributed by atoms with Crippen molar-refractivity contribution in [2.45, 2.75) is 6.42 Å². The van der Waals surface area contributed by atoms with E-state index < -0.39 is 0 Å². The molecule has 0 fully saturated rings. The lowest BCUT2D eigenvalue weighted by atomic mass is 10.1. The van der Waals surface area contributed by atoms with Crippen LogP contribution in [0, 0.1) is 11.3 Å². The highest BCUT2D eigenvalue weighted by Crippen LogP contribution is 2.20. The fraction of sp³-hybridized carbons (Fsp3) is 0.0833. The summed E-state index contributed by atoms with van der Waals surface area (Å²) in [6.07, 6.45) is 3.73. The molecule has 3 nitrogen and oxygen atoms in total. The highest BCUT2D eigenvalue weighted by atomic mass is 35.5. The minimum absolute atomic E-state index is 0.334. The molecule has 0 atom stereocenters. The molecule has 0 aliphatic heterocycles. The van der Waals surface area contributed by atoms with E-state index in [1.165, 1.54) is 0 Å². The summed E-state index contributed by atoms with van der Waals surface area (Å²) in [5.41, 5.74) is 2.58. The Morgan fingerprint density at radius 1 is 1.25 bits per heavy atom. The van der Waals surface area contributed by atoms with Gasteiger partial charge in [0.05, 0.1) is 18.2 Å². The van der Waals surface area contributed by atoms with E-state index >= 15 is 0 Å². The van der Waals surface area contributed by atoms with Gasteiger partial charge in [-0.1, -0.05) is 11.6 Å². The number of hydrogen-bond acceptors (Lipinski definition) is 3. The van der Waals surface area contributed by atoms with Crippen LogP contribution < -0.4 is 0 Å². The molecule has 0 spiro atoms. The van der Waals surface area contributed by atoms with Crippen LogP contribution in [0.15, 0.2) is 36.7 Å². The molecule has 0 radical (unpaired) electrons. The van der Waals surface area contributed by atoms with Crippen molar-refractivity contribution in [3.63, 3.8) is 0 Å². The maximum atomic E-state index is 8.65. The SMILES string of the molecule is N#CCc1cc(Cl)nc(-c2ccncc2)c1. The first-order chi connectivity index (χ1) is 7.79. The summed E-state index contributed by atoms with van der Waals surface area (Å²) in [4.78, 5) is 8.15. The Labute approximate surface area is 98.4 Å². The van der Waals surface area contributed by atoms with Gasteiger partial charge >= 0.3 is 0 Å². The standard InChI is InChI=1S/C12H8ClN3/c13-12-8-9(1-4-14)7-11(16-12)10-2-5-15-6-3-10/h2-3,5-8H,1H2. The van der Waals surface area contributed by atoms with Crippen LogP contribution >= 0.6 is 11.6 Å². The van der Waals surface area contributed by atoms with Crippen LogP contribution in [-0.2, 0) is 6.42 Å². The first kappa shape index (κ1) is 10.6. The molecule has 0 aliphatic rings. The molecule has 0 bridgehead atoms. The first-order valence-electron chi connectivity index (χ1n) is 4.73. The molecule has 0 amide bonds. The van der Waals surface area contributed by atoms with Gasteiger partial charge in [0, 0.05) is 18.0 Å². The average molecular weight is 230 g/mol. The average Bonchev–Trinajstić information content (AvgIpc) is 2.30. The maximum absolute atomic E-state index is 8.65. The second-order valence-electron chi connectivity index (χ2n) is 3.25. The van der Waals surface area contributed by atoms with Gasteiger partial charge in [-0.2, -0.15) is 5.26 Å². The number of hydrogen-bond donors (Lipinski definition) is 0. The van der Waals surface area contributed by atoms with Crippen LogP contribution in [0.1, 0.15) is 5.56 Å². The predicted octanol–water partition coefficient (Wildman–Crippen LogP) is 2.86. The highest BCUT2D eigenvalue weighted by Gasteiger charge is 2.03. The fourth-order valence-corrected chi connectivity index (χ4v) is 1.64. The molecule has 0 aliphatic carbocycles. The molecule has 0 N–H and O–H groups in total. The molecule has 2 heterocycles. The van der Waals surface area contributed by atoms with Gasteiger partial charge in [0.2, 0.25) is 0 Å². The lowest BCUT2D eigenvalue weighted by Crippen LogP contribution is -1.89. The Morgan fingerprint density at radius 3 is 2.69 bits per heavy atom. The van der Waals surface area contributed by atoms with E-state index in [1.807, 2.05) is 18.2 Å². The Bertz CT molecular complexity index is 532. The second-order valence-corrected chi connectivity index (χ2v) is 3.64. The molecule has 0 unspecified atom stereocenters. The molecule has 78 valence electrons. The van der Waals surface area contributed by atoms with Crippen molar-refractivity contribution in [1.82, 2.24) is 9.97 Å². The zero-order valence-electron chi connectivity index (χ0n) is 8.39. The van der Waals surface area contributed by atoms with Gasteiger partial charge in [0.1, 0.15) is 5.15 Å². The number of halogens is 1. The molecular formula is C12H8ClN3. The number of nitriles is 1. The summed E-state index contributed by atoms with van der Waals surface area (Å²) >= 11 is 5.90. The predicted molar refractivity (Wildman–Crippen MR) is 61.8 cm³/mol. The number of aromatic nitrogens is 2. The highest BCUT2D eigenvalue weighted by molar-refractivity contribution is 6.29. The van der Waals surface area contributed by atoms with Crippen molar-refractivity contribution in [3.05, 3.63) is 47.4 Å². The Balaban J connectivity index is 2.46. The normalized spacial score (nSPS) is 9.75. The summed E-state index contributed by atoms with van der Waals surface area (Å²) < 4.78 is 0. The van der Waals surface area contributed by atoms with Crippen molar-refractivity contribution in [3.8, 4) is 17.3 Å². The third kappa shape index (κ3) is 2.36. The minimum atomic E-state index is 0.334. The van der Waals surface area contributed by atoms with Crippen LogP contribution in [0.25, 0.3) is 11.3 Å². The molecule has 2 rings (SSSR count). The molecule has 16 heavy (non-hydrogen) atoms. The molecule has 2 aromatic heterocycles. The van der Waals surface area contributed by atoms with E-state index in [4.69, 9.17) is 16.9 Å². The third-order valence-electron chi connectivity index (χ3n) is 2.11. The van der Waals surface area contributed by atoms with Gasteiger partial charge in [0.25, 0.3) is 0 Å². The van der Waals surface area contributed by atoms with Crippen LogP contribution in [0.4, 0.5) is 0 Å². The third-order valence-corrected chi connectivity index (χ3v) is 2.31. The topological polar surface area (TPSA) is 49.6 Å². The van der Waals surface area contributed by atoms with Crippen LogP contribution in [0.5, 0.6) is 0 Å². The van der Waals surface area contributed by atoms with Gasteiger partial charge in [-0.25, -0.2) is 4.98 Å². The Kier molecular flexibility index (Phi) is 3.13. The van der Waals surface area contributed by atoms with Gasteiger partial charge in [-0.15, -0.1) is 0 Å². The summed E-state index contributed by atoms with van der Waals surface area (Å²) in [5, 5.41) is 9.05. The van der Waals surface area contributed by atoms with E-state index in [9.17, 15) is 0 Å². The number of pyridine rings is 2. The lowest BCUT2D eigenvalue weighted by molar-refractivity contribution is 1.21. The van der Waals surface area contributed by atoms with Crippen molar-refractivity contribution >= 4 is 11.6 Å². The maximum Gasteiger partial charge on any atom is 0.130 e. The molecular weight excluding hydrogens is 222 g/mol. The largest absolute Gasteiger partial charge is 0.265 e. The summed E-state index contributed by atoms with van der Waals surface area (Å²) in [6.45, 7) is 0. The fourth-order valence-electron chi connectivity index (χ4n) is 1.41. The van der Waals surface area contributed by atoms with Crippen LogP contribution in [0.3, 0.4) is 0 Å². The van der Waals surface area contributed by atoms with Gasteiger partial charge in [-0.3, -0.25) is 4.98 Å². The molecule has 2 aromatic rings. The van der Waals surface area contributed by atoms with Crippen LogP contribution in [-0.4, -0.2) is 9.97 Å². The second kappa shape index (κ2) is 4.73. The Hall–Kier alpha value is -1.92. The van der Waals surface area contributed by atoms with Gasteiger partial charge in [0.15, 0.2) is 0 Å².